The topological polar surface area (TPSA) is 35.2 Å². The van der Waals surface area contributed by atoms with Crippen molar-refractivity contribution in [3.05, 3.63) is 65.2 Å². The molecule has 4 heteroatoms. The van der Waals surface area contributed by atoms with Crippen LogP contribution in [-0.4, -0.2) is 6.10 Å². The van der Waals surface area contributed by atoms with E-state index in [0.29, 0.717) is 5.56 Å². The minimum absolute atomic E-state index is 0.0897. The van der Waals surface area contributed by atoms with Crippen molar-refractivity contribution in [2.45, 2.75) is 26.0 Å². The first-order chi connectivity index (χ1) is 9.45. The summed E-state index contributed by atoms with van der Waals surface area (Å²) in [7, 11) is 0. The highest BCUT2D eigenvalue weighted by Crippen LogP contribution is 2.23. The first kappa shape index (κ1) is 14.5. The maximum atomic E-state index is 13.2. The van der Waals surface area contributed by atoms with Crippen LogP contribution in [0, 0.1) is 11.6 Å². The zero-order valence-corrected chi connectivity index (χ0v) is 11.4. The highest BCUT2D eigenvalue weighted by atomic mass is 19.1. The van der Waals surface area contributed by atoms with Crippen LogP contribution in [0.2, 0.25) is 0 Å². The van der Waals surface area contributed by atoms with Gasteiger partial charge in [-0.15, -0.1) is 0 Å². The van der Waals surface area contributed by atoms with E-state index < -0.39 is 17.7 Å². The second-order valence-electron chi connectivity index (χ2n) is 4.92. The van der Waals surface area contributed by atoms with E-state index in [-0.39, 0.29) is 6.10 Å². The number of benzene rings is 2. The van der Waals surface area contributed by atoms with Gasteiger partial charge in [0.25, 0.3) is 0 Å². The van der Waals surface area contributed by atoms with E-state index in [4.69, 9.17) is 10.5 Å². The number of hydrogen-bond donors (Lipinski definition) is 1. The van der Waals surface area contributed by atoms with Crippen LogP contribution in [0.1, 0.15) is 31.0 Å². The van der Waals surface area contributed by atoms with E-state index in [2.05, 4.69) is 0 Å². The molecule has 0 spiro atoms. The molecule has 0 radical (unpaired) electrons. The number of hydrogen-bond acceptors (Lipinski definition) is 2. The van der Waals surface area contributed by atoms with Gasteiger partial charge < -0.3 is 10.5 Å². The van der Waals surface area contributed by atoms with E-state index in [1.54, 1.807) is 24.3 Å². The molecule has 0 saturated carbocycles. The summed E-state index contributed by atoms with van der Waals surface area (Å²) in [5, 5.41) is 0. The van der Waals surface area contributed by atoms with Crippen LogP contribution >= 0.6 is 0 Å². The summed E-state index contributed by atoms with van der Waals surface area (Å²) >= 11 is 0. The van der Waals surface area contributed by atoms with Crippen molar-refractivity contribution in [1.29, 1.82) is 0 Å². The molecular formula is C16H17F2NO. The van der Waals surface area contributed by atoms with Gasteiger partial charge in [0.15, 0.2) is 0 Å². The molecule has 0 aliphatic rings. The van der Waals surface area contributed by atoms with Crippen LogP contribution in [0.5, 0.6) is 5.75 Å². The second-order valence-corrected chi connectivity index (χ2v) is 4.92. The van der Waals surface area contributed by atoms with E-state index in [1.165, 1.54) is 12.1 Å². The molecule has 2 N–H and O–H groups in total. The lowest BCUT2D eigenvalue weighted by Crippen LogP contribution is -2.12. The van der Waals surface area contributed by atoms with Crippen molar-refractivity contribution in [2.75, 3.05) is 0 Å². The lowest BCUT2D eigenvalue weighted by molar-refractivity contribution is 0.242. The van der Waals surface area contributed by atoms with Crippen LogP contribution < -0.4 is 10.5 Å². The zero-order valence-electron chi connectivity index (χ0n) is 11.4. The Balaban J connectivity index is 2.22. The van der Waals surface area contributed by atoms with Crippen molar-refractivity contribution in [3.63, 3.8) is 0 Å². The molecule has 20 heavy (non-hydrogen) atoms. The third-order valence-corrected chi connectivity index (χ3v) is 2.86. The predicted octanol–water partition coefficient (Wildman–Crippen LogP) is 3.80. The van der Waals surface area contributed by atoms with Gasteiger partial charge in [-0.3, -0.25) is 0 Å². The first-order valence-corrected chi connectivity index (χ1v) is 6.44. The summed E-state index contributed by atoms with van der Waals surface area (Å²) in [6.45, 7) is 3.88. The molecule has 0 bridgehead atoms. The predicted molar refractivity (Wildman–Crippen MR) is 74.6 cm³/mol. The smallest absolute Gasteiger partial charge is 0.126 e. The molecule has 0 aliphatic heterocycles. The summed E-state index contributed by atoms with van der Waals surface area (Å²) in [5.41, 5.74) is 7.20. The fraction of sp³-hybridized carbons (Fsp3) is 0.250. The zero-order chi connectivity index (χ0) is 14.7. The van der Waals surface area contributed by atoms with Gasteiger partial charge in [0, 0.05) is 6.07 Å². The van der Waals surface area contributed by atoms with Gasteiger partial charge in [-0.25, -0.2) is 8.78 Å². The van der Waals surface area contributed by atoms with Gasteiger partial charge in [-0.2, -0.15) is 0 Å². The summed E-state index contributed by atoms with van der Waals surface area (Å²) < 4.78 is 31.9. The Morgan fingerprint density at radius 1 is 0.900 bits per heavy atom. The van der Waals surface area contributed by atoms with E-state index in [1.807, 2.05) is 13.8 Å². The quantitative estimate of drug-likeness (QED) is 0.922. The normalized spacial score (nSPS) is 12.5. The van der Waals surface area contributed by atoms with Gasteiger partial charge in [-0.1, -0.05) is 12.1 Å². The van der Waals surface area contributed by atoms with Crippen molar-refractivity contribution in [2.24, 2.45) is 5.73 Å². The average molecular weight is 277 g/mol. The molecule has 1 atom stereocenters. The Labute approximate surface area is 117 Å². The molecule has 2 rings (SSSR count). The highest BCUT2D eigenvalue weighted by Gasteiger charge is 2.11. The lowest BCUT2D eigenvalue weighted by atomic mass is 9.99. The van der Waals surface area contributed by atoms with Crippen LogP contribution in [-0.2, 0) is 0 Å². The molecule has 0 amide bonds. The molecule has 1 unspecified atom stereocenters. The lowest BCUT2D eigenvalue weighted by Gasteiger charge is -2.15. The third-order valence-electron chi connectivity index (χ3n) is 2.86. The van der Waals surface area contributed by atoms with Gasteiger partial charge in [-0.05, 0) is 49.2 Å². The van der Waals surface area contributed by atoms with Crippen LogP contribution in [0.25, 0.3) is 0 Å². The van der Waals surface area contributed by atoms with Crippen LogP contribution in [0.15, 0.2) is 42.5 Å². The van der Waals surface area contributed by atoms with Gasteiger partial charge >= 0.3 is 0 Å². The first-order valence-electron chi connectivity index (χ1n) is 6.44. The minimum Gasteiger partial charge on any atom is -0.491 e. The molecule has 0 aliphatic carbocycles. The van der Waals surface area contributed by atoms with E-state index >= 15 is 0 Å². The second kappa shape index (κ2) is 6.01. The molecule has 0 heterocycles. The van der Waals surface area contributed by atoms with Gasteiger partial charge in [0.05, 0.1) is 12.1 Å². The number of rotatable bonds is 4. The molecular weight excluding hydrogens is 260 g/mol. The minimum atomic E-state index is -0.629. The van der Waals surface area contributed by atoms with Crippen LogP contribution in [0.4, 0.5) is 8.78 Å². The SMILES string of the molecule is CC(C)Oc1ccc(C(N)c2cc(F)cc(F)c2)cc1. The van der Waals surface area contributed by atoms with Crippen molar-refractivity contribution in [1.82, 2.24) is 0 Å². The van der Waals surface area contributed by atoms with Crippen LogP contribution in [0.3, 0.4) is 0 Å². The molecule has 2 aromatic rings. The summed E-state index contributed by atoms with van der Waals surface area (Å²) in [5.74, 6) is -0.521. The average Bonchev–Trinajstić information content (AvgIpc) is 2.37. The summed E-state index contributed by atoms with van der Waals surface area (Å²) in [4.78, 5) is 0. The largest absolute Gasteiger partial charge is 0.491 e. The fourth-order valence-electron chi connectivity index (χ4n) is 1.97. The monoisotopic (exact) mass is 277 g/mol. The molecule has 2 nitrogen and oxygen atoms in total. The molecule has 106 valence electrons. The van der Waals surface area contributed by atoms with E-state index in [0.717, 1.165) is 17.4 Å². The Bertz CT molecular complexity index is 561. The standard InChI is InChI=1S/C16H17F2NO/c1-10(2)20-15-5-3-11(4-6-15)16(19)12-7-13(17)9-14(18)8-12/h3-10,16H,19H2,1-2H3. The Morgan fingerprint density at radius 3 is 1.95 bits per heavy atom. The van der Waals surface area contributed by atoms with Crippen molar-refractivity contribution < 1.29 is 13.5 Å². The molecule has 0 aromatic heterocycles. The van der Waals surface area contributed by atoms with Crippen molar-refractivity contribution in [3.8, 4) is 5.75 Å². The Kier molecular flexibility index (Phi) is 4.35. The molecule has 0 saturated heterocycles. The maximum Gasteiger partial charge on any atom is 0.126 e. The Hall–Kier alpha value is -1.94. The molecule has 0 fully saturated rings. The van der Waals surface area contributed by atoms with Crippen molar-refractivity contribution >= 4 is 0 Å². The number of halogens is 2. The van der Waals surface area contributed by atoms with Gasteiger partial charge in [0.1, 0.15) is 17.4 Å². The van der Waals surface area contributed by atoms with Gasteiger partial charge in [0.2, 0.25) is 0 Å². The Morgan fingerprint density at radius 2 is 1.45 bits per heavy atom. The third kappa shape index (κ3) is 3.54. The highest BCUT2D eigenvalue weighted by molar-refractivity contribution is 5.35. The summed E-state index contributed by atoms with van der Waals surface area (Å²) in [6, 6.07) is 9.92. The summed E-state index contributed by atoms with van der Waals surface area (Å²) in [6.07, 6.45) is 0.0897. The number of nitrogens with two attached hydrogens (primary N) is 1. The van der Waals surface area contributed by atoms with E-state index in [9.17, 15) is 8.78 Å². The maximum absolute atomic E-state index is 13.2. The molecule has 2 aromatic carbocycles. The fourth-order valence-corrected chi connectivity index (χ4v) is 1.97. The number of ether oxygens (including phenoxy) is 1.